The molecular formula is C13H14N4O3. The van der Waals surface area contributed by atoms with E-state index in [4.69, 9.17) is 5.26 Å². The third-order valence-electron chi connectivity index (χ3n) is 3.27. The molecule has 2 amide bonds. The fraction of sp³-hybridized carbons (Fsp3) is 0.385. The van der Waals surface area contributed by atoms with Crippen molar-refractivity contribution in [3.63, 3.8) is 0 Å². The van der Waals surface area contributed by atoms with E-state index < -0.39 is 4.92 Å². The molecule has 1 heterocycles. The van der Waals surface area contributed by atoms with Gasteiger partial charge in [0.25, 0.3) is 5.69 Å². The van der Waals surface area contributed by atoms with Crippen LogP contribution >= 0.6 is 0 Å². The van der Waals surface area contributed by atoms with Gasteiger partial charge in [-0.25, -0.2) is 4.79 Å². The average molecular weight is 274 g/mol. The monoisotopic (exact) mass is 274 g/mol. The number of nitro benzene ring substituents is 1. The van der Waals surface area contributed by atoms with Crippen molar-refractivity contribution in [1.29, 1.82) is 5.26 Å². The fourth-order valence-corrected chi connectivity index (χ4v) is 2.11. The number of rotatable bonds is 2. The van der Waals surface area contributed by atoms with Gasteiger partial charge in [-0.2, -0.15) is 5.26 Å². The molecule has 1 aromatic carbocycles. The third kappa shape index (κ3) is 3.23. The van der Waals surface area contributed by atoms with E-state index in [0.29, 0.717) is 31.6 Å². The van der Waals surface area contributed by atoms with Crippen LogP contribution in [0, 0.1) is 27.4 Å². The normalized spacial score (nSPS) is 15.4. The zero-order chi connectivity index (χ0) is 14.5. The molecule has 1 aliphatic heterocycles. The number of piperidine rings is 1. The second-order valence-corrected chi connectivity index (χ2v) is 4.63. The molecule has 1 fully saturated rings. The highest BCUT2D eigenvalue weighted by Crippen LogP contribution is 2.20. The van der Waals surface area contributed by atoms with Crippen molar-refractivity contribution in [1.82, 2.24) is 4.90 Å². The Kier molecular flexibility index (Phi) is 4.15. The molecule has 0 aliphatic carbocycles. The SMILES string of the molecule is N#CC1CCN(C(=O)Nc2cccc([N+](=O)[O-])c2)CC1. The van der Waals surface area contributed by atoms with Gasteiger partial charge in [0, 0.05) is 36.8 Å². The average Bonchev–Trinajstić information content (AvgIpc) is 2.47. The number of carbonyl (C=O) groups excluding carboxylic acids is 1. The van der Waals surface area contributed by atoms with Crippen LogP contribution in [0.4, 0.5) is 16.2 Å². The minimum absolute atomic E-state index is 0.0110. The van der Waals surface area contributed by atoms with Crippen molar-refractivity contribution < 1.29 is 9.72 Å². The highest BCUT2D eigenvalue weighted by atomic mass is 16.6. The molecule has 1 aromatic rings. The summed E-state index contributed by atoms with van der Waals surface area (Å²) in [6, 6.07) is 7.73. The molecule has 0 radical (unpaired) electrons. The van der Waals surface area contributed by atoms with Crippen molar-refractivity contribution in [2.75, 3.05) is 18.4 Å². The number of nitro groups is 1. The number of hydrogen-bond donors (Lipinski definition) is 1. The summed E-state index contributed by atoms with van der Waals surface area (Å²) in [5, 5.41) is 22.1. The van der Waals surface area contributed by atoms with E-state index in [2.05, 4.69) is 11.4 Å². The zero-order valence-electron chi connectivity index (χ0n) is 10.8. The van der Waals surface area contributed by atoms with Gasteiger partial charge in [0.2, 0.25) is 0 Å². The molecule has 1 N–H and O–H groups in total. The Morgan fingerprint density at radius 1 is 1.45 bits per heavy atom. The van der Waals surface area contributed by atoms with E-state index in [1.54, 1.807) is 11.0 Å². The molecule has 1 aliphatic rings. The highest BCUT2D eigenvalue weighted by Gasteiger charge is 2.22. The van der Waals surface area contributed by atoms with E-state index in [0.717, 1.165) is 0 Å². The van der Waals surface area contributed by atoms with Crippen LogP contribution in [-0.4, -0.2) is 28.9 Å². The Morgan fingerprint density at radius 3 is 2.75 bits per heavy atom. The maximum atomic E-state index is 12.0. The van der Waals surface area contributed by atoms with Crippen LogP contribution < -0.4 is 5.32 Å². The van der Waals surface area contributed by atoms with Crippen LogP contribution in [-0.2, 0) is 0 Å². The van der Waals surface area contributed by atoms with Gasteiger partial charge in [-0.05, 0) is 18.9 Å². The number of hydrogen-bond acceptors (Lipinski definition) is 4. The lowest BCUT2D eigenvalue weighted by atomic mass is 9.99. The summed E-state index contributed by atoms with van der Waals surface area (Å²) in [6.07, 6.45) is 1.33. The van der Waals surface area contributed by atoms with Crippen molar-refractivity contribution in [3.05, 3.63) is 34.4 Å². The summed E-state index contributed by atoms with van der Waals surface area (Å²) in [7, 11) is 0. The number of nitrogens with zero attached hydrogens (tertiary/aromatic N) is 3. The molecule has 7 nitrogen and oxygen atoms in total. The second kappa shape index (κ2) is 6.02. The topological polar surface area (TPSA) is 99.3 Å². The number of urea groups is 1. The Bertz CT molecular complexity index is 559. The molecule has 0 spiro atoms. The molecule has 0 atom stereocenters. The summed E-state index contributed by atoms with van der Waals surface area (Å²) in [5.74, 6) is 0.0110. The second-order valence-electron chi connectivity index (χ2n) is 4.63. The maximum Gasteiger partial charge on any atom is 0.321 e. The Hall–Kier alpha value is -2.62. The van der Waals surface area contributed by atoms with Gasteiger partial charge in [-0.1, -0.05) is 6.07 Å². The smallest absolute Gasteiger partial charge is 0.321 e. The molecule has 0 unspecified atom stereocenters. The molecule has 104 valence electrons. The molecule has 0 aromatic heterocycles. The molecule has 2 rings (SSSR count). The number of anilines is 1. The van der Waals surface area contributed by atoms with Gasteiger partial charge >= 0.3 is 6.03 Å². The summed E-state index contributed by atoms with van der Waals surface area (Å²) in [6.45, 7) is 1.05. The minimum atomic E-state index is -0.506. The lowest BCUT2D eigenvalue weighted by Gasteiger charge is -2.29. The van der Waals surface area contributed by atoms with Crippen molar-refractivity contribution >= 4 is 17.4 Å². The quantitative estimate of drug-likeness (QED) is 0.660. The molecule has 1 saturated heterocycles. The van der Waals surface area contributed by atoms with Crippen LogP contribution in [0.2, 0.25) is 0 Å². The number of nitrogens with one attached hydrogen (secondary N) is 1. The van der Waals surface area contributed by atoms with Crippen LogP contribution in [0.25, 0.3) is 0 Å². The van der Waals surface area contributed by atoms with Crippen LogP contribution in [0.15, 0.2) is 24.3 Å². The first-order valence-corrected chi connectivity index (χ1v) is 6.30. The van der Waals surface area contributed by atoms with Gasteiger partial charge in [0.05, 0.1) is 11.0 Å². The van der Waals surface area contributed by atoms with Crippen molar-refractivity contribution in [3.8, 4) is 6.07 Å². The molecule has 7 heteroatoms. The predicted octanol–water partition coefficient (Wildman–Crippen LogP) is 2.36. The zero-order valence-corrected chi connectivity index (χ0v) is 10.8. The molecular weight excluding hydrogens is 260 g/mol. The number of likely N-dealkylation sites (tertiary alicyclic amines) is 1. The lowest BCUT2D eigenvalue weighted by molar-refractivity contribution is -0.384. The Labute approximate surface area is 115 Å². The van der Waals surface area contributed by atoms with Crippen LogP contribution in [0.3, 0.4) is 0 Å². The number of amides is 2. The van der Waals surface area contributed by atoms with Gasteiger partial charge in [0.1, 0.15) is 0 Å². The highest BCUT2D eigenvalue weighted by molar-refractivity contribution is 5.89. The number of nitriles is 1. The summed E-state index contributed by atoms with van der Waals surface area (Å²) in [5.41, 5.74) is 0.331. The number of carbonyl (C=O) groups is 1. The van der Waals surface area contributed by atoms with E-state index in [1.165, 1.54) is 18.2 Å². The number of non-ortho nitro benzene ring substituents is 1. The lowest BCUT2D eigenvalue weighted by Crippen LogP contribution is -2.40. The van der Waals surface area contributed by atoms with Crippen LogP contribution in [0.5, 0.6) is 0 Å². The third-order valence-corrected chi connectivity index (χ3v) is 3.27. The van der Waals surface area contributed by atoms with Gasteiger partial charge < -0.3 is 10.2 Å². The fourth-order valence-electron chi connectivity index (χ4n) is 2.11. The summed E-state index contributed by atoms with van der Waals surface area (Å²) < 4.78 is 0. The first-order chi connectivity index (χ1) is 9.60. The number of benzene rings is 1. The summed E-state index contributed by atoms with van der Waals surface area (Å²) >= 11 is 0. The van der Waals surface area contributed by atoms with Gasteiger partial charge in [-0.15, -0.1) is 0 Å². The maximum absolute atomic E-state index is 12.0. The van der Waals surface area contributed by atoms with E-state index >= 15 is 0 Å². The first kappa shape index (κ1) is 13.8. The standard InChI is InChI=1S/C13H14N4O3/c14-9-10-4-6-16(7-5-10)13(18)15-11-2-1-3-12(8-11)17(19)20/h1-3,8,10H,4-7H2,(H,15,18). The Morgan fingerprint density at radius 2 is 2.15 bits per heavy atom. The van der Waals surface area contributed by atoms with Crippen LogP contribution in [0.1, 0.15) is 12.8 Å². The largest absolute Gasteiger partial charge is 0.324 e. The first-order valence-electron chi connectivity index (χ1n) is 6.30. The molecule has 0 bridgehead atoms. The van der Waals surface area contributed by atoms with E-state index in [1.807, 2.05) is 0 Å². The Balaban J connectivity index is 1.97. The van der Waals surface area contributed by atoms with E-state index in [9.17, 15) is 14.9 Å². The summed E-state index contributed by atoms with van der Waals surface area (Å²) in [4.78, 5) is 23.8. The molecule has 20 heavy (non-hydrogen) atoms. The van der Waals surface area contributed by atoms with Gasteiger partial charge in [0.15, 0.2) is 0 Å². The predicted molar refractivity (Wildman–Crippen MR) is 72.0 cm³/mol. The van der Waals surface area contributed by atoms with E-state index in [-0.39, 0.29) is 17.6 Å². The van der Waals surface area contributed by atoms with Crippen molar-refractivity contribution in [2.45, 2.75) is 12.8 Å². The van der Waals surface area contributed by atoms with Crippen molar-refractivity contribution in [2.24, 2.45) is 5.92 Å². The van der Waals surface area contributed by atoms with Gasteiger partial charge in [-0.3, -0.25) is 10.1 Å². The molecule has 0 saturated carbocycles. The minimum Gasteiger partial charge on any atom is -0.324 e.